The molecule has 0 N–H and O–H groups in total. The van der Waals surface area contributed by atoms with Crippen molar-refractivity contribution < 1.29 is 13.2 Å². The van der Waals surface area contributed by atoms with Crippen molar-refractivity contribution in [2.45, 2.75) is 32.2 Å². The maximum Gasteiger partial charge on any atom is 0.222 e. The Hall–Kier alpha value is -1.25. The summed E-state index contributed by atoms with van der Waals surface area (Å²) in [4.78, 5) is 20.9. The van der Waals surface area contributed by atoms with Gasteiger partial charge in [-0.3, -0.25) is 4.79 Å². The monoisotopic (exact) mass is 384 g/mol. The SMILES string of the molecule is Cc1nc(-c2cccs2)c(CCC(=O)N(C)C2CCS(=O)(=O)C2)s1. The first-order valence-corrected chi connectivity index (χ1v) is 11.3. The van der Waals surface area contributed by atoms with E-state index in [0.717, 1.165) is 20.5 Å². The molecule has 0 saturated carbocycles. The Kier molecular flexibility index (Phi) is 5.08. The Morgan fingerprint density at radius 3 is 2.88 bits per heavy atom. The predicted molar refractivity (Wildman–Crippen MR) is 98.3 cm³/mol. The summed E-state index contributed by atoms with van der Waals surface area (Å²) in [5, 5.41) is 3.02. The molecule has 1 amide bonds. The zero-order valence-corrected chi connectivity index (χ0v) is 16.1. The van der Waals surface area contributed by atoms with Crippen LogP contribution in [-0.2, 0) is 21.1 Å². The van der Waals surface area contributed by atoms with E-state index in [0.29, 0.717) is 19.3 Å². The number of hydrogen-bond donors (Lipinski definition) is 0. The highest BCUT2D eigenvalue weighted by Gasteiger charge is 2.32. The Morgan fingerprint density at radius 2 is 2.25 bits per heavy atom. The lowest BCUT2D eigenvalue weighted by Crippen LogP contribution is -2.37. The minimum atomic E-state index is -2.97. The standard InChI is InChI=1S/C16H20N2O3S3/c1-11-17-16(13-4-3-8-22-13)14(23-11)5-6-15(19)18(2)12-7-9-24(20,21)10-12/h3-4,8,12H,5-7,9-10H2,1-2H3. The third kappa shape index (κ3) is 3.87. The molecule has 3 heterocycles. The summed E-state index contributed by atoms with van der Waals surface area (Å²) in [7, 11) is -1.26. The number of carbonyl (C=O) groups excluding carboxylic acids is 1. The van der Waals surface area contributed by atoms with Gasteiger partial charge in [0.2, 0.25) is 5.91 Å². The Balaban J connectivity index is 1.65. The first-order chi connectivity index (χ1) is 11.4. The molecule has 3 rings (SSSR count). The van der Waals surface area contributed by atoms with Crippen molar-refractivity contribution in [1.29, 1.82) is 0 Å². The lowest BCUT2D eigenvalue weighted by Gasteiger charge is -2.23. The second-order valence-corrected chi connectivity index (χ2v) is 10.5. The van der Waals surface area contributed by atoms with E-state index >= 15 is 0 Å². The Bertz CT molecular complexity index is 825. The normalized spacial score (nSPS) is 19.5. The fraction of sp³-hybridized carbons (Fsp3) is 0.500. The molecule has 1 aliphatic rings. The number of thiophene rings is 1. The maximum absolute atomic E-state index is 12.4. The van der Waals surface area contributed by atoms with Crippen molar-refractivity contribution in [3.63, 3.8) is 0 Å². The van der Waals surface area contributed by atoms with Crippen molar-refractivity contribution in [3.05, 3.63) is 27.4 Å². The highest BCUT2D eigenvalue weighted by molar-refractivity contribution is 7.91. The van der Waals surface area contributed by atoms with E-state index in [-0.39, 0.29) is 23.5 Å². The van der Waals surface area contributed by atoms with Crippen LogP contribution in [0, 0.1) is 6.92 Å². The minimum absolute atomic E-state index is 0.000262. The molecule has 1 atom stereocenters. The van der Waals surface area contributed by atoms with E-state index in [1.165, 1.54) is 0 Å². The molecule has 2 aromatic heterocycles. The molecule has 0 spiro atoms. The number of sulfone groups is 1. The molecule has 1 aliphatic heterocycles. The van der Waals surface area contributed by atoms with E-state index in [9.17, 15) is 13.2 Å². The molecule has 1 unspecified atom stereocenters. The summed E-state index contributed by atoms with van der Waals surface area (Å²) in [6.07, 6.45) is 1.57. The van der Waals surface area contributed by atoms with E-state index in [4.69, 9.17) is 0 Å². The van der Waals surface area contributed by atoms with Crippen molar-refractivity contribution in [1.82, 2.24) is 9.88 Å². The quantitative estimate of drug-likeness (QED) is 0.795. The van der Waals surface area contributed by atoms with Gasteiger partial charge in [0.15, 0.2) is 9.84 Å². The molecule has 0 aromatic carbocycles. The number of carbonyl (C=O) groups is 1. The number of aromatic nitrogens is 1. The largest absolute Gasteiger partial charge is 0.342 e. The average Bonchev–Trinajstić information content (AvgIpc) is 3.23. The fourth-order valence-electron chi connectivity index (χ4n) is 2.93. The Labute approximate surface area is 150 Å². The van der Waals surface area contributed by atoms with Crippen LogP contribution in [0.4, 0.5) is 0 Å². The van der Waals surface area contributed by atoms with Gasteiger partial charge in [0.05, 0.1) is 27.1 Å². The van der Waals surface area contributed by atoms with E-state index < -0.39 is 9.84 Å². The number of hydrogen-bond acceptors (Lipinski definition) is 6. The van der Waals surface area contributed by atoms with Gasteiger partial charge in [0, 0.05) is 24.4 Å². The third-order valence-corrected chi connectivity index (χ3v) is 7.93. The van der Waals surface area contributed by atoms with Gasteiger partial charge in [0.25, 0.3) is 0 Å². The number of aryl methyl sites for hydroxylation is 2. The molecule has 1 fully saturated rings. The first-order valence-electron chi connectivity index (χ1n) is 7.82. The van der Waals surface area contributed by atoms with Crippen LogP contribution >= 0.6 is 22.7 Å². The molecule has 130 valence electrons. The van der Waals surface area contributed by atoms with E-state index in [1.807, 2.05) is 24.4 Å². The van der Waals surface area contributed by atoms with Crippen LogP contribution < -0.4 is 0 Å². The van der Waals surface area contributed by atoms with Crippen LogP contribution in [0.25, 0.3) is 10.6 Å². The van der Waals surface area contributed by atoms with Crippen LogP contribution in [0.2, 0.25) is 0 Å². The molecule has 0 bridgehead atoms. The molecule has 1 saturated heterocycles. The van der Waals surface area contributed by atoms with Gasteiger partial charge >= 0.3 is 0 Å². The highest BCUT2D eigenvalue weighted by Crippen LogP contribution is 2.32. The summed E-state index contributed by atoms with van der Waals surface area (Å²) in [6.45, 7) is 1.97. The number of thiazole rings is 1. The van der Waals surface area contributed by atoms with Gasteiger partial charge < -0.3 is 4.90 Å². The predicted octanol–water partition coefficient (Wildman–Crippen LogP) is 2.76. The lowest BCUT2D eigenvalue weighted by atomic mass is 10.1. The number of rotatable bonds is 5. The molecule has 0 aliphatic carbocycles. The second kappa shape index (κ2) is 6.93. The fourth-order valence-corrected chi connectivity index (χ4v) is 6.46. The van der Waals surface area contributed by atoms with Crippen LogP contribution in [0.3, 0.4) is 0 Å². The van der Waals surface area contributed by atoms with Crippen LogP contribution in [0.15, 0.2) is 17.5 Å². The van der Waals surface area contributed by atoms with Crippen LogP contribution in [0.5, 0.6) is 0 Å². The zero-order valence-electron chi connectivity index (χ0n) is 13.7. The van der Waals surface area contributed by atoms with Gasteiger partial charge in [-0.25, -0.2) is 13.4 Å². The highest BCUT2D eigenvalue weighted by atomic mass is 32.2. The topological polar surface area (TPSA) is 67.3 Å². The third-order valence-electron chi connectivity index (χ3n) is 4.27. The molecule has 5 nitrogen and oxygen atoms in total. The van der Waals surface area contributed by atoms with Gasteiger partial charge in [-0.05, 0) is 31.2 Å². The Morgan fingerprint density at radius 1 is 1.46 bits per heavy atom. The van der Waals surface area contributed by atoms with Crippen molar-refractivity contribution >= 4 is 38.4 Å². The minimum Gasteiger partial charge on any atom is -0.342 e. The smallest absolute Gasteiger partial charge is 0.222 e. The molecular weight excluding hydrogens is 364 g/mol. The maximum atomic E-state index is 12.4. The van der Waals surface area contributed by atoms with E-state index in [2.05, 4.69) is 4.98 Å². The van der Waals surface area contributed by atoms with Crippen LogP contribution in [-0.4, -0.2) is 48.8 Å². The second-order valence-electron chi connectivity index (χ2n) is 6.04. The summed E-state index contributed by atoms with van der Waals surface area (Å²) < 4.78 is 23.2. The van der Waals surface area contributed by atoms with Gasteiger partial charge in [-0.15, -0.1) is 22.7 Å². The molecule has 2 aromatic rings. The zero-order chi connectivity index (χ0) is 17.3. The van der Waals surface area contributed by atoms with Crippen LogP contribution in [0.1, 0.15) is 22.7 Å². The first kappa shape index (κ1) is 17.6. The molecule has 0 radical (unpaired) electrons. The molecule has 8 heteroatoms. The summed E-state index contributed by atoms with van der Waals surface area (Å²) in [6, 6.07) is 3.86. The summed E-state index contributed by atoms with van der Waals surface area (Å²) in [5.41, 5.74) is 0.978. The van der Waals surface area contributed by atoms with Gasteiger partial charge in [-0.1, -0.05) is 6.07 Å². The summed E-state index contributed by atoms with van der Waals surface area (Å²) >= 11 is 3.27. The van der Waals surface area contributed by atoms with Crippen molar-refractivity contribution in [2.75, 3.05) is 18.6 Å². The van der Waals surface area contributed by atoms with E-state index in [1.54, 1.807) is 34.6 Å². The van der Waals surface area contributed by atoms with Crippen molar-refractivity contribution in [3.8, 4) is 10.6 Å². The summed E-state index contributed by atoms with van der Waals surface area (Å²) in [5.74, 6) is 0.279. The van der Waals surface area contributed by atoms with Gasteiger partial charge in [-0.2, -0.15) is 0 Å². The van der Waals surface area contributed by atoms with Crippen molar-refractivity contribution in [2.24, 2.45) is 0 Å². The average molecular weight is 385 g/mol. The number of nitrogens with zero attached hydrogens (tertiary/aromatic N) is 2. The van der Waals surface area contributed by atoms with Gasteiger partial charge in [0.1, 0.15) is 0 Å². The molecular formula is C16H20N2O3S3. The number of amides is 1. The lowest BCUT2D eigenvalue weighted by molar-refractivity contribution is -0.131. The molecule has 24 heavy (non-hydrogen) atoms.